The number of anilines is 1. The monoisotopic (exact) mass is 2070 g/mol. The number of fused-ring (bicyclic) bond motifs is 15. The lowest BCUT2D eigenvalue weighted by atomic mass is 9.86. The Kier molecular flexibility index (Phi) is 33.9. The molecule has 8 amide bonds. The molecule has 9 heterocycles. The predicted octanol–water partition coefficient (Wildman–Crippen LogP) is -1.09. The molecule has 3 saturated heterocycles. The summed E-state index contributed by atoms with van der Waals surface area (Å²) in [6, 6.07) is 1.63. The number of hydrogen-bond acceptors (Lipinski definition) is 37. The Morgan fingerprint density at radius 2 is 1.33 bits per heavy atom. The van der Waals surface area contributed by atoms with E-state index in [1.165, 1.54) is 33.2 Å². The van der Waals surface area contributed by atoms with Gasteiger partial charge in [0.05, 0.1) is 52.6 Å². The summed E-state index contributed by atoms with van der Waals surface area (Å²) in [5, 5.41) is 166. The quantitative estimate of drug-likeness (QED) is 0.0205. The maximum Gasteiger partial charge on any atom is 0.573 e. The number of nitrogens with zero attached hydrogens (tertiary/aromatic N) is 2. The SMILES string of the molecule is CN[C@H](CC(C)C)C(=O)NC1C(=O)N[C@@H](CC(N)=O)C(=O)N[C@H]2C(=O)N[C@H]3C(=O)N[C@H](C(=O)N[C@@H](C(=O)O)c4cc(O)c(CNCCS(=O)(=O)O)c(O)c4-c4cc3ccc4O)[C@H](OC3C[C@](C)(N)[C@@H](O)[C@H](C)O3)c3ccc(c(Cl)c3)Oc3cc2cc(c3O[C@@H]2O[C@H](CO)[C@@H](O[C@@H]3O[C@H](CNCCn4ccc(NC(=O)c5ccc(OC(F)(F)F)cc5)nc4=O)[C@H](O)[C@H](O)[C@H]3O)[C@H](O)[C@H]2O)Oc2ccc(cc2Cl)[C@H]1O. The number of alkyl halides is 3. The summed E-state index contributed by atoms with van der Waals surface area (Å²) in [6.07, 6.45) is -35.0. The van der Waals surface area contributed by atoms with Crippen LogP contribution in [0.5, 0.6) is 51.7 Å². The number of carbonyl (C=O) groups excluding carboxylic acids is 8. The summed E-state index contributed by atoms with van der Waals surface area (Å²) in [5.41, 5.74) is 5.51. The van der Waals surface area contributed by atoms with E-state index in [9.17, 15) is 111 Å². The smallest absolute Gasteiger partial charge is 0.507 e. The minimum atomic E-state index is -5.00. The predicted molar refractivity (Wildman–Crippen MR) is 485 cm³/mol. The third-order valence-corrected chi connectivity index (χ3v) is 25.5. The van der Waals surface area contributed by atoms with Crippen molar-refractivity contribution in [3.8, 4) is 62.9 Å². The normalized spacial score (nSPS) is 27.7. The number of carboxylic acids is 1. The van der Waals surface area contributed by atoms with Crippen LogP contribution in [0.25, 0.3) is 11.1 Å². The molecule has 2 unspecified atom stereocenters. The van der Waals surface area contributed by atoms with Crippen molar-refractivity contribution in [3.05, 3.63) is 169 Å². The number of likely N-dealkylation sites (N-methyl/N-ethyl adjacent to an activating group) is 1. The molecule has 1 aromatic heterocycles. The third kappa shape index (κ3) is 25.3. The average molecular weight is 2070 g/mol. The number of aliphatic hydroxyl groups excluding tert-OH is 8. The van der Waals surface area contributed by atoms with Gasteiger partial charge in [-0.25, -0.2) is 9.59 Å². The molecule has 54 heteroatoms. The lowest BCUT2D eigenvalue weighted by Gasteiger charge is -2.46. The van der Waals surface area contributed by atoms with Crippen LogP contribution in [0, 0.1) is 5.92 Å². The van der Waals surface area contributed by atoms with Crippen LogP contribution in [-0.4, -0.2) is 292 Å². The van der Waals surface area contributed by atoms with E-state index in [4.69, 9.17) is 72.6 Å². The first kappa shape index (κ1) is 108. The van der Waals surface area contributed by atoms with Gasteiger partial charge in [-0.2, -0.15) is 13.4 Å². The first-order chi connectivity index (χ1) is 67.4. The number of halogens is 5. The van der Waals surface area contributed by atoms with E-state index in [0.717, 1.165) is 102 Å². The van der Waals surface area contributed by atoms with Gasteiger partial charge >= 0.3 is 18.0 Å². The van der Waals surface area contributed by atoms with Crippen LogP contribution >= 0.6 is 23.2 Å². The van der Waals surface area contributed by atoms with Crippen molar-refractivity contribution < 1.29 is 173 Å². The van der Waals surface area contributed by atoms with Crippen LogP contribution < -0.4 is 89.3 Å². The first-order valence-corrected chi connectivity index (χ1v) is 46.5. The summed E-state index contributed by atoms with van der Waals surface area (Å²) in [6.45, 7) is 3.19. The van der Waals surface area contributed by atoms with Crippen molar-refractivity contribution in [1.82, 2.24) is 57.4 Å². The largest absolute Gasteiger partial charge is 0.573 e. The number of phenols is 3. The summed E-state index contributed by atoms with van der Waals surface area (Å²) < 4.78 is 127. The van der Waals surface area contributed by atoms with E-state index in [2.05, 4.69) is 62.9 Å². The highest BCUT2D eigenvalue weighted by Gasteiger charge is 2.54. The maximum absolute atomic E-state index is 16.6. The fourth-order valence-corrected chi connectivity index (χ4v) is 17.6. The number of hydrogen-bond donors (Lipinski definition) is 25. The fraction of sp³-hybridized carbons (Fsp3) is 0.449. The number of carboxylic acid groups (broad SMARTS) is 1. The van der Waals surface area contributed by atoms with Crippen molar-refractivity contribution in [2.24, 2.45) is 17.4 Å². The molecule has 3 fully saturated rings. The molecule has 15 rings (SSSR count). The van der Waals surface area contributed by atoms with Crippen molar-refractivity contribution >= 4 is 92.4 Å². The fourth-order valence-electron chi connectivity index (χ4n) is 16.8. The van der Waals surface area contributed by atoms with Gasteiger partial charge in [-0.1, -0.05) is 55.2 Å². The minimum absolute atomic E-state index is 0.123. The zero-order valence-corrected chi connectivity index (χ0v) is 78.3. The average Bonchev–Trinajstić information content (AvgIpc) is 0.754. The summed E-state index contributed by atoms with van der Waals surface area (Å²) in [7, 11) is -3.23. The number of amides is 8. The number of ether oxygens (including phenoxy) is 9. The number of aromatic nitrogens is 2. The number of aliphatic hydroxyl groups is 8. The molecule has 7 aromatic rings. The van der Waals surface area contributed by atoms with E-state index in [0.29, 0.717) is 0 Å². The van der Waals surface area contributed by atoms with Crippen LogP contribution in [0.15, 0.2) is 114 Å². The number of rotatable bonds is 28. The van der Waals surface area contributed by atoms with E-state index < -0.39 is 355 Å². The Balaban J connectivity index is 0.926. The maximum atomic E-state index is 16.6. The van der Waals surface area contributed by atoms with E-state index in [1.54, 1.807) is 13.8 Å². The molecular formula is C89H103Cl2F3N14O34S. The van der Waals surface area contributed by atoms with Gasteiger partial charge in [-0.3, -0.25) is 47.5 Å². The van der Waals surface area contributed by atoms with Gasteiger partial charge in [-0.05, 0) is 140 Å². The highest BCUT2D eigenvalue weighted by atomic mass is 35.5. The summed E-state index contributed by atoms with van der Waals surface area (Å²) in [5.74, 6) is -21.0. The van der Waals surface area contributed by atoms with E-state index in [-0.39, 0.29) is 47.9 Å². The van der Waals surface area contributed by atoms with E-state index >= 15 is 24.0 Å². The Morgan fingerprint density at radius 3 is 1.94 bits per heavy atom. The number of aliphatic carboxylic acids is 1. The zero-order chi connectivity index (χ0) is 104. The number of primary amides is 1. The zero-order valence-electron chi connectivity index (χ0n) is 76.0. The number of carbonyl (C=O) groups is 9. The highest BCUT2D eigenvalue weighted by Crippen LogP contribution is 2.51. The highest BCUT2D eigenvalue weighted by molar-refractivity contribution is 7.85. The Morgan fingerprint density at radius 1 is 0.699 bits per heavy atom. The number of aromatic hydroxyl groups is 3. The van der Waals surface area contributed by atoms with Gasteiger partial charge in [0.2, 0.25) is 53.4 Å². The topological polar surface area (TPSA) is 741 Å². The number of nitrogens with two attached hydrogens (primary N) is 2. The Hall–Kier alpha value is -12.4. The Labute approximate surface area is 818 Å². The van der Waals surface area contributed by atoms with Gasteiger partial charge in [0.25, 0.3) is 16.0 Å². The van der Waals surface area contributed by atoms with Crippen LogP contribution in [0.4, 0.5) is 19.0 Å². The summed E-state index contributed by atoms with van der Waals surface area (Å²) >= 11 is 14.5. The van der Waals surface area contributed by atoms with Crippen LogP contribution in [0.1, 0.15) is 121 Å². The van der Waals surface area contributed by atoms with Crippen molar-refractivity contribution in [2.45, 2.75) is 206 Å². The lowest BCUT2D eigenvalue weighted by Crippen LogP contribution is -2.65. The van der Waals surface area contributed by atoms with Gasteiger partial charge in [0.1, 0.15) is 132 Å². The van der Waals surface area contributed by atoms with Crippen molar-refractivity contribution in [3.63, 3.8) is 0 Å². The van der Waals surface area contributed by atoms with Crippen LogP contribution in [0.2, 0.25) is 10.0 Å². The van der Waals surface area contributed by atoms with Crippen LogP contribution in [-0.2, 0) is 85.2 Å². The second-order valence-electron chi connectivity index (χ2n) is 35.1. The first-order valence-electron chi connectivity index (χ1n) is 44.1. The van der Waals surface area contributed by atoms with Gasteiger partial charge in [0.15, 0.2) is 30.1 Å². The van der Waals surface area contributed by atoms with E-state index in [1.807, 2.05) is 0 Å². The molecule has 27 N–H and O–H groups in total. The molecule has 0 spiro atoms. The second-order valence-corrected chi connectivity index (χ2v) is 37.5. The molecule has 774 valence electrons. The molecule has 0 radical (unpaired) electrons. The number of nitrogens with one attached hydrogen (secondary N) is 10. The second kappa shape index (κ2) is 44.9. The molecule has 23 atom stereocenters. The minimum Gasteiger partial charge on any atom is -0.507 e. The molecular weight excluding hydrogens is 1970 g/mol. The third-order valence-electron chi connectivity index (χ3n) is 24.2. The molecule has 0 saturated carbocycles. The van der Waals surface area contributed by atoms with Gasteiger partial charge in [-0.15, -0.1) is 13.2 Å². The molecule has 143 heavy (non-hydrogen) atoms. The molecule has 48 nitrogen and oxygen atoms in total. The van der Waals surface area contributed by atoms with Gasteiger partial charge in [0, 0.05) is 73.1 Å². The van der Waals surface area contributed by atoms with Gasteiger partial charge < -0.3 is 169 Å². The molecule has 6 aromatic carbocycles. The van der Waals surface area contributed by atoms with Crippen molar-refractivity contribution in [1.29, 1.82) is 0 Å². The van der Waals surface area contributed by atoms with Crippen LogP contribution in [0.3, 0.4) is 0 Å². The number of phenolic OH excluding ortho intramolecular Hbond substituents is 3. The molecule has 0 aliphatic carbocycles. The lowest BCUT2D eigenvalue weighted by molar-refractivity contribution is -0.350. The van der Waals surface area contributed by atoms with Crippen molar-refractivity contribution in [2.75, 3.05) is 44.4 Å². The molecule has 8 aliphatic heterocycles. The number of benzene rings is 6. The Bertz CT molecular complexity index is 6140. The molecule has 8 aliphatic rings. The standard InChI is InChI=1S/C89H103Cl2F3N14O34S/c1-34(2)22-47(97-5)78(122)106-64-66(113)38-9-14-51(45(90)24-38)135-53-26-40-27-54(74(53)140-86-72(119)70(117)75(56(33-109)138-86)141-85-71(118)69(116)68(115)55(137-85)32-98-17-20-108-19-16-58(102-87(108)130)101-77(121)36-6-11-41(12-7-36)142-89(92,93)94)136-52-15-10-39(25-46(52)91)73(139-59-30-88(4,96)76(120)35(3)134-59)65-83(127)105-63(84(128)129)43-28-50(111)44(31-99-18-21-143(131,132)133)67(114)60(43)42-23-37(8-13-49(42)110)61(80(124)107-65)104-81(125)62(40)103-79(123)48(29-57(95)112)100-82(64)126/h6-16,19,23-28,34-35,47-48,55-56,59,61-66,68-73,75-76,85-86,97-99,109-111,113-120H,17-18,20-22,29-33,96H2,1-5H3,(H2,95,112)(H,100,126)(H,103,123)(H,104,125)(H,105,127)(H,106,122)(H,107,124)(H,128,129)(H,131,132,133)(H,101,102,121,130)/t35-,47+,48-,55+,56+,59?,61+,62+,63+,64?,65-,66+,68-,69-,70+,71+,72+,73+,75+,76-,85-,86-,88-/m0/s1. The summed E-state index contributed by atoms with van der Waals surface area (Å²) in [4.78, 5) is 151. The molecule has 11 bridgehead atoms.